The molecule has 90 valence electrons. The zero-order valence-corrected chi connectivity index (χ0v) is 11.0. The number of halogens is 3. The minimum Gasteiger partial charge on any atom is -0.372 e. The van der Waals surface area contributed by atoms with Gasteiger partial charge in [-0.05, 0) is 25.1 Å². The molecule has 1 aromatic rings. The zero-order valence-electron chi connectivity index (χ0n) is 8.71. The molecule has 0 aliphatic carbocycles. The summed E-state index contributed by atoms with van der Waals surface area (Å²) in [6, 6.07) is 5.50. The molecule has 0 radical (unpaired) electrons. The van der Waals surface area contributed by atoms with Crippen molar-refractivity contribution in [2.75, 3.05) is 13.1 Å². The van der Waals surface area contributed by atoms with E-state index in [9.17, 15) is 0 Å². The van der Waals surface area contributed by atoms with Crippen LogP contribution < -0.4 is 5.32 Å². The molecular formula is C11H14Cl3NO. The summed E-state index contributed by atoms with van der Waals surface area (Å²) >= 11 is 12.1. The molecule has 0 saturated carbocycles. The van der Waals surface area contributed by atoms with Crippen LogP contribution in [0.2, 0.25) is 10.0 Å². The fraction of sp³-hybridized carbons (Fsp3) is 0.455. The first-order valence-electron chi connectivity index (χ1n) is 5.02. The minimum atomic E-state index is 0. The highest BCUT2D eigenvalue weighted by Crippen LogP contribution is 2.25. The van der Waals surface area contributed by atoms with Gasteiger partial charge < -0.3 is 10.1 Å². The standard InChI is InChI=1S/C11H13Cl2NO.ClH/c12-10-2-1-3-11(13)9(10)7-15-8-4-5-14-6-8;/h1-3,8,14H,4-7H2;1H/t8-;/m1./s1. The molecule has 0 amide bonds. The van der Waals surface area contributed by atoms with Crippen LogP contribution in [-0.2, 0) is 11.3 Å². The Morgan fingerprint density at radius 1 is 1.31 bits per heavy atom. The Hall–Kier alpha value is 0.01000. The van der Waals surface area contributed by atoms with Gasteiger partial charge in [0.1, 0.15) is 0 Å². The van der Waals surface area contributed by atoms with Gasteiger partial charge in [0.15, 0.2) is 0 Å². The lowest BCUT2D eigenvalue weighted by molar-refractivity contribution is 0.0543. The quantitative estimate of drug-likeness (QED) is 0.918. The molecule has 5 heteroatoms. The summed E-state index contributed by atoms with van der Waals surface area (Å²) in [6.45, 7) is 2.44. The van der Waals surface area contributed by atoms with E-state index in [1.165, 1.54) is 0 Å². The lowest BCUT2D eigenvalue weighted by Gasteiger charge is -2.12. The van der Waals surface area contributed by atoms with Crippen molar-refractivity contribution in [2.24, 2.45) is 0 Å². The van der Waals surface area contributed by atoms with Crippen molar-refractivity contribution in [3.8, 4) is 0 Å². The van der Waals surface area contributed by atoms with Gasteiger partial charge in [0.05, 0.1) is 12.7 Å². The fourth-order valence-corrected chi connectivity index (χ4v) is 2.15. The fourth-order valence-electron chi connectivity index (χ4n) is 1.64. The second-order valence-corrected chi connectivity index (χ2v) is 4.44. The highest BCUT2D eigenvalue weighted by Gasteiger charge is 2.15. The van der Waals surface area contributed by atoms with Gasteiger partial charge in [-0.2, -0.15) is 0 Å². The van der Waals surface area contributed by atoms with E-state index in [1.54, 1.807) is 0 Å². The molecular weight excluding hydrogens is 268 g/mol. The number of rotatable bonds is 3. The highest BCUT2D eigenvalue weighted by molar-refractivity contribution is 6.35. The molecule has 1 aliphatic heterocycles. The number of nitrogens with one attached hydrogen (secondary N) is 1. The average Bonchev–Trinajstić information content (AvgIpc) is 2.70. The lowest BCUT2D eigenvalue weighted by Crippen LogP contribution is -2.16. The number of ether oxygens (including phenoxy) is 1. The Morgan fingerprint density at radius 3 is 2.56 bits per heavy atom. The molecule has 0 aromatic heterocycles. The monoisotopic (exact) mass is 281 g/mol. The Labute approximate surface area is 112 Å². The Bertz CT molecular complexity index is 320. The van der Waals surface area contributed by atoms with Crippen molar-refractivity contribution in [2.45, 2.75) is 19.1 Å². The van der Waals surface area contributed by atoms with E-state index < -0.39 is 0 Å². The maximum atomic E-state index is 6.03. The van der Waals surface area contributed by atoms with Crippen molar-refractivity contribution in [3.05, 3.63) is 33.8 Å². The van der Waals surface area contributed by atoms with Crippen LogP contribution in [0, 0.1) is 0 Å². The first-order valence-corrected chi connectivity index (χ1v) is 5.78. The minimum absolute atomic E-state index is 0. The van der Waals surface area contributed by atoms with Crippen molar-refractivity contribution >= 4 is 35.6 Å². The maximum Gasteiger partial charge on any atom is 0.0750 e. The maximum absolute atomic E-state index is 6.03. The van der Waals surface area contributed by atoms with Crippen LogP contribution in [0.4, 0.5) is 0 Å². The van der Waals surface area contributed by atoms with Crippen molar-refractivity contribution in [1.29, 1.82) is 0 Å². The summed E-state index contributed by atoms with van der Waals surface area (Å²) in [5, 5.41) is 4.60. The normalized spacial score (nSPS) is 19.5. The first-order chi connectivity index (χ1) is 7.27. The number of benzene rings is 1. The van der Waals surface area contributed by atoms with E-state index in [2.05, 4.69) is 5.32 Å². The number of hydrogen-bond acceptors (Lipinski definition) is 2. The molecule has 1 fully saturated rings. The molecule has 2 nitrogen and oxygen atoms in total. The summed E-state index contributed by atoms with van der Waals surface area (Å²) in [6.07, 6.45) is 1.35. The molecule has 1 aromatic carbocycles. The van der Waals surface area contributed by atoms with Gasteiger partial charge in [0.2, 0.25) is 0 Å². The SMILES string of the molecule is Cl.Clc1cccc(Cl)c1CO[C@@H]1CCNC1. The van der Waals surface area contributed by atoms with Crippen molar-refractivity contribution < 1.29 is 4.74 Å². The predicted molar refractivity (Wildman–Crippen MR) is 69.8 cm³/mol. The van der Waals surface area contributed by atoms with Crippen molar-refractivity contribution in [1.82, 2.24) is 5.32 Å². The zero-order chi connectivity index (χ0) is 10.7. The van der Waals surface area contributed by atoms with Gasteiger partial charge in [-0.25, -0.2) is 0 Å². The molecule has 16 heavy (non-hydrogen) atoms. The first kappa shape index (κ1) is 14.1. The third kappa shape index (κ3) is 3.51. The van der Waals surface area contributed by atoms with E-state index in [0.717, 1.165) is 25.1 Å². The summed E-state index contributed by atoms with van der Waals surface area (Å²) in [5.41, 5.74) is 0.882. The predicted octanol–water partition coefficient (Wildman–Crippen LogP) is 3.29. The Kier molecular flexibility index (Phi) is 5.87. The summed E-state index contributed by atoms with van der Waals surface area (Å²) in [5.74, 6) is 0. The second kappa shape index (κ2) is 6.67. The summed E-state index contributed by atoms with van der Waals surface area (Å²) < 4.78 is 5.72. The molecule has 1 heterocycles. The number of hydrogen-bond donors (Lipinski definition) is 1. The largest absolute Gasteiger partial charge is 0.372 e. The van der Waals surface area contributed by atoms with Crippen molar-refractivity contribution in [3.63, 3.8) is 0 Å². The van der Waals surface area contributed by atoms with E-state index in [0.29, 0.717) is 16.7 Å². The molecule has 1 aliphatic rings. The molecule has 0 bridgehead atoms. The molecule has 2 rings (SSSR count). The van der Waals surface area contributed by atoms with Crippen LogP contribution in [0.15, 0.2) is 18.2 Å². The van der Waals surface area contributed by atoms with Crippen LogP contribution in [0.1, 0.15) is 12.0 Å². The van der Waals surface area contributed by atoms with Crippen LogP contribution >= 0.6 is 35.6 Å². The van der Waals surface area contributed by atoms with E-state index in [4.69, 9.17) is 27.9 Å². The Morgan fingerprint density at radius 2 is 2.00 bits per heavy atom. The average molecular weight is 283 g/mol. The smallest absolute Gasteiger partial charge is 0.0750 e. The van der Waals surface area contributed by atoms with Gasteiger partial charge in [0, 0.05) is 22.2 Å². The van der Waals surface area contributed by atoms with Gasteiger partial charge in [-0.1, -0.05) is 29.3 Å². The summed E-state index contributed by atoms with van der Waals surface area (Å²) in [7, 11) is 0. The second-order valence-electron chi connectivity index (χ2n) is 3.63. The molecule has 1 saturated heterocycles. The van der Waals surface area contributed by atoms with E-state index in [1.807, 2.05) is 18.2 Å². The van der Waals surface area contributed by atoms with Crippen LogP contribution in [0.5, 0.6) is 0 Å². The van der Waals surface area contributed by atoms with Gasteiger partial charge in [-0.3, -0.25) is 0 Å². The van der Waals surface area contributed by atoms with Gasteiger partial charge in [-0.15, -0.1) is 12.4 Å². The van der Waals surface area contributed by atoms with E-state index >= 15 is 0 Å². The molecule has 1 N–H and O–H groups in total. The lowest BCUT2D eigenvalue weighted by atomic mass is 10.2. The van der Waals surface area contributed by atoms with Crippen LogP contribution in [0.3, 0.4) is 0 Å². The molecule has 1 atom stereocenters. The Balaban J connectivity index is 0.00000128. The third-order valence-electron chi connectivity index (χ3n) is 2.54. The van der Waals surface area contributed by atoms with Crippen LogP contribution in [0.25, 0.3) is 0 Å². The summed E-state index contributed by atoms with van der Waals surface area (Å²) in [4.78, 5) is 0. The van der Waals surface area contributed by atoms with E-state index in [-0.39, 0.29) is 18.5 Å². The molecule has 0 spiro atoms. The van der Waals surface area contributed by atoms with Gasteiger partial charge in [0.25, 0.3) is 0 Å². The van der Waals surface area contributed by atoms with Crippen LogP contribution in [-0.4, -0.2) is 19.2 Å². The topological polar surface area (TPSA) is 21.3 Å². The third-order valence-corrected chi connectivity index (χ3v) is 3.25. The molecule has 0 unspecified atom stereocenters. The van der Waals surface area contributed by atoms with Gasteiger partial charge >= 0.3 is 0 Å². The highest BCUT2D eigenvalue weighted by atomic mass is 35.5.